The van der Waals surface area contributed by atoms with Crippen LogP contribution in [0.1, 0.15) is 62.1 Å². The van der Waals surface area contributed by atoms with Crippen LogP contribution in [0.2, 0.25) is 0 Å². The molecule has 0 bridgehead atoms. The van der Waals surface area contributed by atoms with Crippen molar-refractivity contribution in [1.82, 2.24) is 10.2 Å². The Morgan fingerprint density at radius 3 is 2.38 bits per heavy atom. The molecule has 1 aliphatic rings. The minimum Gasteiger partial charge on any atom is -0.335 e. The van der Waals surface area contributed by atoms with E-state index in [0.717, 1.165) is 47.9 Å². The van der Waals surface area contributed by atoms with E-state index in [0.29, 0.717) is 23.5 Å². The van der Waals surface area contributed by atoms with Crippen LogP contribution in [-0.2, 0) is 27.8 Å². The number of rotatable bonds is 9. The summed E-state index contributed by atoms with van der Waals surface area (Å²) in [5.74, 6) is 0.309. The van der Waals surface area contributed by atoms with E-state index in [4.69, 9.17) is 22.8 Å². The molecule has 0 aliphatic heterocycles. The van der Waals surface area contributed by atoms with Crippen LogP contribution >= 0.6 is 12.2 Å². The molecule has 0 unspecified atom stereocenters. The third kappa shape index (κ3) is 7.62. The van der Waals surface area contributed by atoms with E-state index < -0.39 is 10.0 Å². The smallest absolute Gasteiger partial charge is 0.238 e. The summed E-state index contributed by atoms with van der Waals surface area (Å²) in [6, 6.07) is 22.0. The van der Waals surface area contributed by atoms with Crippen molar-refractivity contribution in [1.29, 1.82) is 5.41 Å². The second kappa shape index (κ2) is 13.3. The molecule has 0 aromatic heterocycles. The van der Waals surface area contributed by atoms with Crippen molar-refractivity contribution in [3.63, 3.8) is 0 Å². The number of nitrogens with two attached hydrogens (primary N) is 1. The van der Waals surface area contributed by atoms with E-state index >= 15 is 0 Å². The number of benzene rings is 3. The molecule has 0 saturated heterocycles. The van der Waals surface area contributed by atoms with Crippen molar-refractivity contribution in [3.05, 3.63) is 89.5 Å². The molecule has 210 valence electrons. The minimum absolute atomic E-state index is 0.0513. The average molecular weight is 577 g/mol. The standard InChI is InChI=1S/C31H36N4O3S2/c1-2-29(39)34-31(32)25-10-8-9-23(19-25)21-35(26-11-4-3-5-12-26)30(36)20-22-15-17-24(18-16-22)27-13-6-7-14-28(27)40(33,37)38/h6-10,13-19,26H,2-5,11-12,20-21H2,1H3,(H2,32,34,39)(H2,33,37,38). The molecule has 1 aliphatic carbocycles. The predicted molar refractivity (Wildman–Crippen MR) is 164 cm³/mol. The summed E-state index contributed by atoms with van der Waals surface area (Å²) in [6.45, 7) is 2.42. The number of primary sulfonamides is 1. The van der Waals surface area contributed by atoms with Gasteiger partial charge in [0.2, 0.25) is 15.9 Å². The van der Waals surface area contributed by atoms with Gasteiger partial charge in [-0.05, 0) is 48.1 Å². The Bertz CT molecular complexity index is 1480. The molecule has 3 aromatic rings. The van der Waals surface area contributed by atoms with Gasteiger partial charge < -0.3 is 10.2 Å². The third-order valence-corrected chi connectivity index (χ3v) is 8.66. The topological polar surface area (TPSA) is 116 Å². The molecule has 0 radical (unpaired) electrons. The second-order valence-electron chi connectivity index (χ2n) is 10.2. The van der Waals surface area contributed by atoms with E-state index in [1.807, 2.05) is 60.4 Å². The van der Waals surface area contributed by atoms with Gasteiger partial charge in [-0.25, -0.2) is 13.6 Å². The van der Waals surface area contributed by atoms with Crippen LogP contribution in [0.4, 0.5) is 0 Å². The molecular formula is C31H36N4O3S2. The van der Waals surface area contributed by atoms with Crippen LogP contribution in [0.5, 0.6) is 0 Å². The van der Waals surface area contributed by atoms with Crippen LogP contribution in [-0.4, -0.2) is 36.1 Å². The predicted octanol–water partition coefficient (Wildman–Crippen LogP) is 5.56. The highest BCUT2D eigenvalue weighted by atomic mass is 32.2. The first-order chi connectivity index (χ1) is 19.2. The number of nitrogens with zero attached hydrogens (tertiary/aromatic N) is 1. The lowest BCUT2D eigenvalue weighted by Crippen LogP contribution is -2.41. The molecule has 4 rings (SSSR count). The Morgan fingerprint density at radius 2 is 1.70 bits per heavy atom. The van der Waals surface area contributed by atoms with Gasteiger partial charge in [-0.2, -0.15) is 0 Å². The van der Waals surface area contributed by atoms with Crippen LogP contribution in [0.15, 0.2) is 77.7 Å². The number of carbonyl (C=O) groups excluding carboxylic acids is 1. The number of carbonyl (C=O) groups is 1. The second-order valence-corrected chi connectivity index (χ2v) is 12.2. The summed E-state index contributed by atoms with van der Waals surface area (Å²) >= 11 is 5.24. The number of nitrogens with one attached hydrogen (secondary N) is 2. The highest BCUT2D eigenvalue weighted by Gasteiger charge is 2.26. The number of hydrogen-bond donors (Lipinski definition) is 3. The van der Waals surface area contributed by atoms with Gasteiger partial charge in [0.05, 0.1) is 16.3 Å². The highest BCUT2D eigenvalue weighted by molar-refractivity contribution is 7.89. The maximum absolute atomic E-state index is 13.7. The van der Waals surface area contributed by atoms with Crippen molar-refractivity contribution in [2.45, 2.75) is 69.4 Å². The van der Waals surface area contributed by atoms with Gasteiger partial charge in [0.15, 0.2) is 0 Å². The summed E-state index contributed by atoms with van der Waals surface area (Å²) < 4.78 is 24.1. The number of amides is 1. The maximum atomic E-state index is 13.7. The Balaban J connectivity index is 1.53. The van der Waals surface area contributed by atoms with Crippen molar-refractivity contribution < 1.29 is 13.2 Å². The molecule has 4 N–H and O–H groups in total. The molecule has 1 fully saturated rings. The lowest BCUT2D eigenvalue weighted by atomic mass is 9.93. The fourth-order valence-corrected chi connectivity index (χ4v) is 6.03. The molecule has 1 saturated carbocycles. The zero-order valence-electron chi connectivity index (χ0n) is 22.7. The Labute approximate surface area is 242 Å². The van der Waals surface area contributed by atoms with Gasteiger partial charge in [0, 0.05) is 23.7 Å². The van der Waals surface area contributed by atoms with Crippen molar-refractivity contribution in [2.24, 2.45) is 5.14 Å². The van der Waals surface area contributed by atoms with Gasteiger partial charge in [0.1, 0.15) is 5.84 Å². The first kappa shape index (κ1) is 29.6. The van der Waals surface area contributed by atoms with Crippen molar-refractivity contribution in [2.75, 3.05) is 0 Å². The molecule has 3 aromatic carbocycles. The molecule has 40 heavy (non-hydrogen) atoms. The zero-order chi connectivity index (χ0) is 28.7. The van der Waals surface area contributed by atoms with Crippen LogP contribution in [0.3, 0.4) is 0 Å². The Hall–Kier alpha value is -3.40. The van der Waals surface area contributed by atoms with Gasteiger partial charge >= 0.3 is 0 Å². The van der Waals surface area contributed by atoms with Crippen LogP contribution in [0, 0.1) is 5.41 Å². The van der Waals surface area contributed by atoms with E-state index in [1.54, 1.807) is 18.2 Å². The van der Waals surface area contributed by atoms with E-state index in [2.05, 4.69) is 5.32 Å². The number of amidine groups is 1. The molecule has 1 amide bonds. The highest BCUT2D eigenvalue weighted by Crippen LogP contribution is 2.28. The lowest BCUT2D eigenvalue weighted by molar-refractivity contribution is -0.134. The molecule has 0 atom stereocenters. The lowest BCUT2D eigenvalue weighted by Gasteiger charge is -2.35. The van der Waals surface area contributed by atoms with Gasteiger partial charge in [-0.1, -0.05) is 99.1 Å². The Kier molecular flexibility index (Phi) is 9.84. The Morgan fingerprint density at radius 1 is 1.00 bits per heavy atom. The molecular weight excluding hydrogens is 541 g/mol. The van der Waals surface area contributed by atoms with E-state index in [-0.39, 0.29) is 29.1 Å². The largest absolute Gasteiger partial charge is 0.335 e. The van der Waals surface area contributed by atoms with Crippen LogP contribution < -0.4 is 10.5 Å². The maximum Gasteiger partial charge on any atom is 0.238 e. The fraction of sp³-hybridized carbons (Fsp3) is 0.323. The summed E-state index contributed by atoms with van der Waals surface area (Å²) in [5, 5.41) is 16.8. The summed E-state index contributed by atoms with van der Waals surface area (Å²) in [5.41, 5.74) is 3.82. The van der Waals surface area contributed by atoms with E-state index in [1.165, 1.54) is 12.5 Å². The minimum atomic E-state index is -3.86. The van der Waals surface area contributed by atoms with Crippen molar-refractivity contribution in [3.8, 4) is 11.1 Å². The fourth-order valence-electron chi connectivity index (χ4n) is 5.17. The average Bonchev–Trinajstić information content (AvgIpc) is 2.96. The number of sulfonamides is 1. The molecule has 7 nitrogen and oxygen atoms in total. The van der Waals surface area contributed by atoms with Crippen molar-refractivity contribution >= 4 is 39.0 Å². The number of thiocarbonyl (C=S) groups is 1. The number of hydrogen-bond acceptors (Lipinski definition) is 5. The normalized spacial score (nSPS) is 13.9. The van der Waals surface area contributed by atoms with Gasteiger partial charge in [0.25, 0.3) is 0 Å². The first-order valence-electron chi connectivity index (χ1n) is 13.6. The molecule has 0 heterocycles. The molecule has 9 heteroatoms. The SMILES string of the molecule is CCC(=S)NC(=N)c1cccc(CN(C(=O)Cc2ccc(-c3ccccc3S(N)(=O)=O)cc2)C2CCCCC2)c1. The monoisotopic (exact) mass is 576 g/mol. The summed E-state index contributed by atoms with van der Waals surface area (Å²) in [4.78, 5) is 16.4. The quantitative estimate of drug-likeness (QED) is 0.175. The third-order valence-electron chi connectivity index (χ3n) is 7.30. The summed E-state index contributed by atoms with van der Waals surface area (Å²) in [7, 11) is -3.86. The van der Waals surface area contributed by atoms with Crippen LogP contribution in [0.25, 0.3) is 11.1 Å². The van der Waals surface area contributed by atoms with Gasteiger partial charge in [-0.3, -0.25) is 10.2 Å². The summed E-state index contributed by atoms with van der Waals surface area (Å²) in [6.07, 6.45) is 6.28. The van der Waals surface area contributed by atoms with E-state index in [9.17, 15) is 13.2 Å². The molecule has 0 spiro atoms. The van der Waals surface area contributed by atoms with Gasteiger partial charge in [-0.15, -0.1) is 0 Å². The first-order valence-corrected chi connectivity index (χ1v) is 15.6. The zero-order valence-corrected chi connectivity index (χ0v) is 24.4.